The van der Waals surface area contributed by atoms with Gasteiger partial charge in [0.1, 0.15) is 21.8 Å². The van der Waals surface area contributed by atoms with Crippen molar-refractivity contribution in [3.8, 4) is 0 Å². The lowest BCUT2D eigenvalue weighted by atomic mass is 10.2. The fraction of sp³-hybridized carbons (Fsp3) is 0.548. The molecule has 0 fully saturated rings. The summed E-state index contributed by atoms with van der Waals surface area (Å²) in [6.45, 7) is 12.5. The number of pyridine rings is 1. The minimum atomic E-state index is -4.14. The number of aromatic nitrogens is 1. The molecule has 0 N–H and O–H groups in total. The molecule has 1 heterocycles. The molecule has 0 bridgehead atoms. The molecule has 1 aromatic heterocycles. The first kappa shape index (κ1) is 40.2. The zero-order valence-electron chi connectivity index (χ0n) is 27.8. The van der Waals surface area contributed by atoms with Crippen molar-refractivity contribution >= 4 is 34.1 Å². The van der Waals surface area contributed by atoms with Gasteiger partial charge in [-0.05, 0) is 77.9 Å². The smallest absolute Gasteiger partial charge is 0.320 e. The van der Waals surface area contributed by atoms with Gasteiger partial charge in [0.25, 0.3) is 6.47 Å². The Balaban J connectivity index is 0.00000249. The van der Waals surface area contributed by atoms with Crippen molar-refractivity contribution < 1.29 is 41.7 Å². The van der Waals surface area contributed by atoms with Crippen LogP contribution in [0.25, 0.3) is 0 Å². The van der Waals surface area contributed by atoms with E-state index in [1.54, 1.807) is 71.6 Å². The van der Waals surface area contributed by atoms with Gasteiger partial charge >= 0.3 is 11.9 Å². The highest BCUT2D eigenvalue weighted by Gasteiger charge is 2.28. The van der Waals surface area contributed by atoms with Crippen LogP contribution in [-0.2, 0) is 49.9 Å². The Kier molecular flexibility index (Phi) is 16.6. The van der Waals surface area contributed by atoms with Crippen molar-refractivity contribution in [2.24, 2.45) is 5.18 Å². The summed E-state index contributed by atoms with van der Waals surface area (Å²) in [5, 5.41) is 2.88. The maximum Gasteiger partial charge on any atom is 0.320 e. The third kappa shape index (κ3) is 16.0. The van der Waals surface area contributed by atoms with E-state index in [9.17, 15) is 22.9 Å². The van der Waals surface area contributed by atoms with Gasteiger partial charge in [0.05, 0.1) is 45.7 Å². The number of carbonyl (C=O) groups excluding carboxylic acids is 3. The van der Waals surface area contributed by atoms with E-state index in [1.165, 1.54) is 35.7 Å². The number of esters is 2. The summed E-state index contributed by atoms with van der Waals surface area (Å²) in [6.07, 6.45) is 0. The number of nitroso groups, excluding NO2 is 1. The van der Waals surface area contributed by atoms with Crippen molar-refractivity contribution in [2.45, 2.75) is 71.1 Å². The highest BCUT2D eigenvalue weighted by Crippen LogP contribution is 2.27. The van der Waals surface area contributed by atoms with E-state index in [4.69, 9.17) is 19.0 Å². The first-order chi connectivity index (χ1) is 21.4. The summed E-state index contributed by atoms with van der Waals surface area (Å²) < 4.78 is 48.7. The molecule has 14 nitrogen and oxygen atoms in total. The molecule has 0 unspecified atom stereocenters. The number of sulfonamides is 1. The summed E-state index contributed by atoms with van der Waals surface area (Å²) in [7, 11) is -2.83. The molecule has 0 saturated heterocycles. The standard InChI is InChI=1S/C29H42N4O8S.C2H4O2/c1-22-11-10-12-23(30-22)19-33(42(37,38)25-14-9-8-13-24(25)31-36)16-18-39-17-15-32(20-26(34)40-28(2,3)4)21-27(35)41-29(5,6)7;1-4-2-3/h8-14H,15-21H2,1-7H3;2H,1H3. The number of aryl methyl sites for hydroxylation is 1. The lowest BCUT2D eigenvalue weighted by Crippen LogP contribution is -2.41. The summed E-state index contributed by atoms with van der Waals surface area (Å²) in [6, 6.07) is 11.0. The van der Waals surface area contributed by atoms with E-state index in [0.717, 1.165) is 5.69 Å². The zero-order valence-corrected chi connectivity index (χ0v) is 28.7. The van der Waals surface area contributed by atoms with Gasteiger partial charge in [-0.2, -0.15) is 4.31 Å². The maximum atomic E-state index is 13.6. The van der Waals surface area contributed by atoms with E-state index in [-0.39, 0.29) is 56.5 Å². The molecule has 2 aromatic rings. The van der Waals surface area contributed by atoms with Gasteiger partial charge in [0, 0.05) is 18.8 Å². The van der Waals surface area contributed by atoms with Crippen LogP contribution in [0.4, 0.5) is 5.69 Å². The molecule has 46 heavy (non-hydrogen) atoms. The van der Waals surface area contributed by atoms with Crippen LogP contribution in [0, 0.1) is 11.8 Å². The first-order valence-electron chi connectivity index (χ1n) is 14.5. The van der Waals surface area contributed by atoms with Crippen LogP contribution >= 0.6 is 0 Å². The Morgan fingerprint density at radius 1 is 0.891 bits per heavy atom. The van der Waals surface area contributed by atoms with E-state index in [0.29, 0.717) is 12.2 Å². The van der Waals surface area contributed by atoms with Crippen molar-refractivity contribution in [3.63, 3.8) is 0 Å². The summed E-state index contributed by atoms with van der Waals surface area (Å²) in [5.41, 5.74) is -0.322. The van der Waals surface area contributed by atoms with Crippen LogP contribution < -0.4 is 0 Å². The van der Waals surface area contributed by atoms with Gasteiger partial charge in [-0.15, -0.1) is 4.91 Å². The molecule has 0 aliphatic heterocycles. The van der Waals surface area contributed by atoms with Gasteiger partial charge < -0.3 is 18.9 Å². The average Bonchev–Trinajstić information content (AvgIpc) is 2.94. The number of ether oxygens (including phenoxy) is 4. The van der Waals surface area contributed by atoms with Gasteiger partial charge in [-0.25, -0.2) is 8.42 Å². The zero-order chi connectivity index (χ0) is 35.0. The lowest BCUT2D eigenvalue weighted by molar-refractivity contribution is -0.160. The second-order valence-electron chi connectivity index (χ2n) is 12.0. The molecule has 0 aliphatic carbocycles. The number of benzene rings is 1. The SMILES string of the molecule is COC=O.Cc1cccc(CN(CCOCCN(CC(=O)OC(C)(C)C)CC(=O)OC(C)(C)C)S(=O)(=O)c2ccccc2N=O)n1. The van der Waals surface area contributed by atoms with Crippen molar-refractivity contribution in [1.82, 2.24) is 14.2 Å². The third-order valence-electron chi connectivity index (χ3n) is 5.54. The van der Waals surface area contributed by atoms with Crippen molar-refractivity contribution in [1.29, 1.82) is 0 Å². The fourth-order valence-corrected chi connectivity index (χ4v) is 5.35. The van der Waals surface area contributed by atoms with Gasteiger partial charge in [-0.1, -0.05) is 18.2 Å². The van der Waals surface area contributed by atoms with Crippen molar-refractivity contribution in [2.75, 3.05) is 46.5 Å². The number of rotatable bonds is 16. The molecular weight excluding hydrogens is 620 g/mol. The predicted molar refractivity (Wildman–Crippen MR) is 170 cm³/mol. The minimum Gasteiger partial charge on any atom is -0.471 e. The summed E-state index contributed by atoms with van der Waals surface area (Å²) in [5.74, 6) is -1.01. The summed E-state index contributed by atoms with van der Waals surface area (Å²) >= 11 is 0. The predicted octanol–water partition coefficient (Wildman–Crippen LogP) is 3.77. The third-order valence-corrected chi connectivity index (χ3v) is 7.44. The quantitative estimate of drug-likeness (QED) is 0.0836. The highest BCUT2D eigenvalue weighted by atomic mass is 32.2. The maximum absolute atomic E-state index is 13.6. The van der Waals surface area contributed by atoms with Crippen LogP contribution in [0.1, 0.15) is 52.9 Å². The highest BCUT2D eigenvalue weighted by molar-refractivity contribution is 7.89. The number of carbonyl (C=O) groups is 3. The summed E-state index contributed by atoms with van der Waals surface area (Å²) in [4.78, 5) is 50.9. The van der Waals surface area contributed by atoms with Crippen molar-refractivity contribution in [3.05, 3.63) is 58.8 Å². The molecule has 256 valence electrons. The van der Waals surface area contributed by atoms with Crippen LogP contribution in [-0.4, -0.2) is 98.7 Å². The minimum absolute atomic E-state index is 0.00551. The molecule has 0 saturated carbocycles. The topological polar surface area (TPSA) is 171 Å². The second-order valence-corrected chi connectivity index (χ2v) is 13.9. The Bertz CT molecular complexity index is 1360. The van der Waals surface area contributed by atoms with Gasteiger partial charge in [0.2, 0.25) is 10.0 Å². The van der Waals surface area contributed by atoms with E-state index >= 15 is 0 Å². The number of methoxy groups -OCH3 is 1. The van der Waals surface area contributed by atoms with Crippen LogP contribution in [0.5, 0.6) is 0 Å². The van der Waals surface area contributed by atoms with Crippen LogP contribution in [0.2, 0.25) is 0 Å². The normalized spacial score (nSPS) is 11.8. The van der Waals surface area contributed by atoms with E-state index in [1.807, 2.05) is 0 Å². The molecule has 0 radical (unpaired) electrons. The van der Waals surface area contributed by atoms with Crippen LogP contribution in [0.15, 0.2) is 52.5 Å². The first-order valence-corrected chi connectivity index (χ1v) is 15.9. The largest absolute Gasteiger partial charge is 0.471 e. The molecule has 15 heteroatoms. The number of nitrogens with zero attached hydrogens (tertiary/aromatic N) is 4. The Hall–Kier alpha value is -3.79. The molecule has 0 aliphatic rings. The average molecular weight is 667 g/mol. The molecular formula is C31H46N4O10S. The fourth-order valence-electron chi connectivity index (χ4n) is 3.83. The lowest BCUT2D eigenvalue weighted by Gasteiger charge is -2.26. The Morgan fingerprint density at radius 2 is 1.43 bits per heavy atom. The van der Waals surface area contributed by atoms with E-state index in [2.05, 4.69) is 14.9 Å². The van der Waals surface area contributed by atoms with Gasteiger partial charge in [0.15, 0.2) is 0 Å². The second kappa shape index (κ2) is 19.0. The monoisotopic (exact) mass is 666 g/mol. The molecule has 1 aromatic carbocycles. The van der Waals surface area contributed by atoms with E-state index < -0.39 is 33.2 Å². The van der Waals surface area contributed by atoms with Gasteiger partial charge in [-0.3, -0.25) is 24.3 Å². The molecule has 2 rings (SSSR count). The molecule has 0 amide bonds. The molecule has 0 spiro atoms. The van der Waals surface area contributed by atoms with Crippen LogP contribution in [0.3, 0.4) is 0 Å². The number of hydrogen-bond acceptors (Lipinski definition) is 13. The number of hydrogen-bond donors (Lipinski definition) is 0. The Labute approximate surface area is 271 Å². The molecule has 0 atom stereocenters. The Morgan fingerprint density at radius 3 is 1.93 bits per heavy atom.